The lowest BCUT2D eigenvalue weighted by molar-refractivity contribution is -0.121. The van der Waals surface area contributed by atoms with E-state index in [1.807, 2.05) is 6.92 Å². The second-order valence-corrected chi connectivity index (χ2v) is 4.77. The number of likely N-dealkylation sites (tertiary alicyclic amines) is 1. The maximum atomic E-state index is 11.3. The van der Waals surface area contributed by atoms with E-state index in [1.165, 1.54) is 12.8 Å². The molecule has 0 radical (unpaired) electrons. The molecule has 0 bridgehead atoms. The predicted octanol–water partition coefficient (Wildman–Crippen LogP) is 0.572. The zero-order chi connectivity index (χ0) is 12.0. The molecule has 0 aromatic carbocycles. The van der Waals surface area contributed by atoms with Crippen molar-refractivity contribution in [2.24, 2.45) is 11.7 Å². The predicted molar refractivity (Wildman–Crippen MR) is 66.1 cm³/mol. The molecule has 94 valence electrons. The third-order valence-electron chi connectivity index (χ3n) is 3.31. The van der Waals surface area contributed by atoms with Crippen LogP contribution in [-0.2, 0) is 4.79 Å². The zero-order valence-electron chi connectivity index (χ0n) is 10.5. The summed E-state index contributed by atoms with van der Waals surface area (Å²) >= 11 is 0. The number of amides is 1. The van der Waals surface area contributed by atoms with Crippen LogP contribution in [0.25, 0.3) is 0 Å². The molecule has 1 saturated heterocycles. The minimum atomic E-state index is 0.158. The van der Waals surface area contributed by atoms with Gasteiger partial charge in [0.25, 0.3) is 0 Å². The fourth-order valence-electron chi connectivity index (χ4n) is 2.27. The molecule has 16 heavy (non-hydrogen) atoms. The molecule has 3 N–H and O–H groups in total. The molecule has 2 atom stereocenters. The Balaban J connectivity index is 2.24. The van der Waals surface area contributed by atoms with Crippen LogP contribution >= 0.6 is 0 Å². The quantitative estimate of drug-likeness (QED) is 0.722. The van der Waals surface area contributed by atoms with Gasteiger partial charge in [-0.15, -0.1) is 0 Å². The molecule has 0 saturated carbocycles. The van der Waals surface area contributed by atoms with Crippen molar-refractivity contribution in [1.82, 2.24) is 10.2 Å². The van der Waals surface area contributed by atoms with Crippen LogP contribution in [0.5, 0.6) is 0 Å². The number of rotatable bonds is 5. The Morgan fingerprint density at radius 2 is 2.38 bits per heavy atom. The number of nitrogens with one attached hydrogen (secondary N) is 1. The SMILES string of the molecule is CCNC(=O)CCN1CCCC(C(C)N)C1. The summed E-state index contributed by atoms with van der Waals surface area (Å²) in [6.45, 7) is 7.79. The Bertz CT molecular complexity index is 218. The van der Waals surface area contributed by atoms with Gasteiger partial charge in [0, 0.05) is 32.1 Å². The summed E-state index contributed by atoms with van der Waals surface area (Å²) in [4.78, 5) is 13.7. The van der Waals surface area contributed by atoms with Crippen molar-refractivity contribution >= 4 is 5.91 Å². The second-order valence-electron chi connectivity index (χ2n) is 4.77. The summed E-state index contributed by atoms with van der Waals surface area (Å²) in [7, 11) is 0. The molecule has 1 heterocycles. The lowest BCUT2D eigenvalue weighted by Crippen LogP contribution is -2.43. The molecular formula is C12H25N3O. The van der Waals surface area contributed by atoms with Crippen molar-refractivity contribution < 1.29 is 4.79 Å². The van der Waals surface area contributed by atoms with Crippen molar-refractivity contribution in [2.45, 2.75) is 39.2 Å². The lowest BCUT2D eigenvalue weighted by Gasteiger charge is -2.34. The standard InChI is InChI=1S/C12H25N3O/c1-3-14-12(16)6-8-15-7-4-5-11(9-15)10(2)13/h10-11H,3-9,13H2,1-2H3,(H,14,16). The summed E-state index contributed by atoms with van der Waals surface area (Å²) in [5.74, 6) is 0.758. The summed E-state index contributed by atoms with van der Waals surface area (Å²) in [5.41, 5.74) is 5.93. The van der Waals surface area contributed by atoms with E-state index in [1.54, 1.807) is 0 Å². The van der Waals surface area contributed by atoms with Crippen LogP contribution in [0.4, 0.5) is 0 Å². The molecule has 0 aromatic heterocycles. The molecule has 4 nitrogen and oxygen atoms in total. The van der Waals surface area contributed by atoms with Crippen LogP contribution < -0.4 is 11.1 Å². The summed E-state index contributed by atoms with van der Waals surface area (Å²) in [5, 5.41) is 2.83. The zero-order valence-corrected chi connectivity index (χ0v) is 10.5. The number of hydrogen-bond acceptors (Lipinski definition) is 3. The fourth-order valence-corrected chi connectivity index (χ4v) is 2.27. The molecule has 1 aliphatic heterocycles. The topological polar surface area (TPSA) is 58.4 Å². The van der Waals surface area contributed by atoms with Gasteiger partial charge in [-0.3, -0.25) is 4.79 Å². The Labute approximate surface area is 98.6 Å². The first-order chi connectivity index (χ1) is 7.63. The average molecular weight is 227 g/mol. The molecule has 0 spiro atoms. The van der Waals surface area contributed by atoms with Crippen LogP contribution in [0.2, 0.25) is 0 Å². The first-order valence-electron chi connectivity index (χ1n) is 6.38. The van der Waals surface area contributed by atoms with Gasteiger partial charge in [0.05, 0.1) is 0 Å². The van der Waals surface area contributed by atoms with Gasteiger partial charge in [-0.2, -0.15) is 0 Å². The number of carbonyl (C=O) groups excluding carboxylic acids is 1. The minimum absolute atomic E-state index is 0.158. The molecule has 1 rings (SSSR count). The Morgan fingerprint density at radius 3 is 3.00 bits per heavy atom. The van der Waals surface area contributed by atoms with Crippen LogP contribution in [-0.4, -0.2) is 43.0 Å². The largest absolute Gasteiger partial charge is 0.356 e. The third-order valence-corrected chi connectivity index (χ3v) is 3.31. The molecule has 2 unspecified atom stereocenters. The Morgan fingerprint density at radius 1 is 1.62 bits per heavy atom. The first-order valence-corrected chi connectivity index (χ1v) is 6.38. The van der Waals surface area contributed by atoms with E-state index >= 15 is 0 Å². The van der Waals surface area contributed by atoms with Crippen molar-refractivity contribution in [3.05, 3.63) is 0 Å². The van der Waals surface area contributed by atoms with E-state index in [0.717, 1.165) is 26.2 Å². The molecule has 0 aromatic rings. The number of nitrogens with two attached hydrogens (primary N) is 1. The van der Waals surface area contributed by atoms with Crippen LogP contribution in [0.15, 0.2) is 0 Å². The van der Waals surface area contributed by atoms with Gasteiger partial charge in [0.2, 0.25) is 5.91 Å². The van der Waals surface area contributed by atoms with Crippen LogP contribution in [0.1, 0.15) is 33.1 Å². The summed E-state index contributed by atoms with van der Waals surface area (Å²) < 4.78 is 0. The van der Waals surface area contributed by atoms with Gasteiger partial charge in [0.1, 0.15) is 0 Å². The van der Waals surface area contributed by atoms with E-state index < -0.39 is 0 Å². The Kier molecular flexibility index (Phi) is 5.77. The second kappa shape index (κ2) is 6.86. The summed E-state index contributed by atoms with van der Waals surface area (Å²) in [6, 6.07) is 0.271. The van der Waals surface area contributed by atoms with Crippen molar-refractivity contribution in [3.8, 4) is 0 Å². The smallest absolute Gasteiger partial charge is 0.221 e. The highest BCUT2D eigenvalue weighted by Crippen LogP contribution is 2.18. The maximum absolute atomic E-state index is 11.3. The molecule has 1 fully saturated rings. The first kappa shape index (κ1) is 13.5. The minimum Gasteiger partial charge on any atom is -0.356 e. The van der Waals surface area contributed by atoms with Crippen molar-refractivity contribution in [3.63, 3.8) is 0 Å². The van der Waals surface area contributed by atoms with E-state index in [2.05, 4.69) is 17.1 Å². The van der Waals surface area contributed by atoms with Gasteiger partial charge < -0.3 is 16.0 Å². The van der Waals surface area contributed by atoms with Gasteiger partial charge in [-0.1, -0.05) is 0 Å². The van der Waals surface area contributed by atoms with E-state index in [4.69, 9.17) is 5.73 Å². The highest BCUT2D eigenvalue weighted by molar-refractivity contribution is 5.75. The van der Waals surface area contributed by atoms with E-state index in [9.17, 15) is 4.79 Å². The highest BCUT2D eigenvalue weighted by atomic mass is 16.1. The van der Waals surface area contributed by atoms with E-state index in [0.29, 0.717) is 12.3 Å². The average Bonchev–Trinajstić information content (AvgIpc) is 2.27. The molecule has 0 aliphatic carbocycles. The third kappa shape index (κ3) is 4.49. The van der Waals surface area contributed by atoms with Crippen LogP contribution in [0.3, 0.4) is 0 Å². The highest BCUT2D eigenvalue weighted by Gasteiger charge is 2.22. The van der Waals surface area contributed by atoms with Gasteiger partial charge in [-0.25, -0.2) is 0 Å². The van der Waals surface area contributed by atoms with E-state index in [-0.39, 0.29) is 11.9 Å². The number of nitrogens with zero attached hydrogens (tertiary/aromatic N) is 1. The Hall–Kier alpha value is -0.610. The number of hydrogen-bond donors (Lipinski definition) is 2. The van der Waals surface area contributed by atoms with Gasteiger partial charge in [0.15, 0.2) is 0 Å². The molecule has 1 amide bonds. The van der Waals surface area contributed by atoms with Crippen molar-refractivity contribution in [1.29, 1.82) is 0 Å². The number of carbonyl (C=O) groups is 1. The van der Waals surface area contributed by atoms with Crippen molar-refractivity contribution in [2.75, 3.05) is 26.2 Å². The molecular weight excluding hydrogens is 202 g/mol. The van der Waals surface area contributed by atoms with Gasteiger partial charge >= 0.3 is 0 Å². The van der Waals surface area contributed by atoms with Gasteiger partial charge in [-0.05, 0) is 39.2 Å². The number of piperidine rings is 1. The molecule has 4 heteroatoms. The normalized spacial score (nSPS) is 24.1. The summed E-state index contributed by atoms with van der Waals surface area (Å²) in [6.07, 6.45) is 3.05. The fraction of sp³-hybridized carbons (Fsp3) is 0.917. The maximum Gasteiger partial charge on any atom is 0.221 e. The van der Waals surface area contributed by atoms with Crippen LogP contribution in [0, 0.1) is 5.92 Å². The monoisotopic (exact) mass is 227 g/mol. The lowest BCUT2D eigenvalue weighted by atomic mass is 9.92. The molecule has 1 aliphatic rings.